The van der Waals surface area contributed by atoms with Crippen molar-refractivity contribution in [3.05, 3.63) is 5.82 Å². The summed E-state index contributed by atoms with van der Waals surface area (Å²) in [4.78, 5) is 12.2. The van der Waals surface area contributed by atoms with Gasteiger partial charge in [0.05, 0.1) is 12.3 Å². The standard InChI is InChI=1S/C7H13N5O2S/c1-11(2)3-5-9-10-7(12(5)8)15-4-6(13)14/h3-4,8H2,1-2H3,(H,13,14). The second-order valence-electron chi connectivity index (χ2n) is 3.19. The second kappa shape index (κ2) is 4.99. The summed E-state index contributed by atoms with van der Waals surface area (Å²) in [6, 6.07) is 0. The zero-order valence-corrected chi connectivity index (χ0v) is 9.36. The fourth-order valence-electron chi connectivity index (χ4n) is 0.923. The van der Waals surface area contributed by atoms with Crippen LogP contribution in [-0.4, -0.2) is 50.7 Å². The van der Waals surface area contributed by atoms with Crippen LogP contribution in [0.4, 0.5) is 0 Å². The van der Waals surface area contributed by atoms with Crippen LogP contribution in [0.2, 0.25) is 0 Å². The van der Waals surface area contributed by atoms with Gasteiger partial charge in [0.15, 0.2) is 5.82 Å². The molecule has 0 fully saturated rings. The first kappa shape index (κ1) is 11.8. The first-order valence-electron chi connectivity index (χ1n) is 4.19. The van der Waals surface area contributed by atoms with Gasteiger partial charge in [0.25, 0.3) is 0 Å². The van der Waals surface area contributed by atoms with E-state index in [-0.39, 0.29) is 5.75 Å². The van der Waals surface area contributed by atoms with Crippen LogP contribution >= 0.6 is 11.8 Å². The molecule has 0 saturated heterocycles. The summed E-state index contributed by atoms with van der Waals surface area (Å²) in [5.74, 6) is 5.32. The Morgan fingerprint density at radius 3 is 2.80 bits per heavy atom. The molecule has 8 heteroatoms. The highest BCUT2D eigenvalue weighted by Gasteiger charge is 2.11. The number of thioether (sulfide) groups is 1. The highest BCUT2D eigenvalue weighted by molar-refractivity contribution is 7.99. The van der Waals surface area contributed by atoms with E-state index in [0.29, 0.717) is 17.5 Å². The molecule has 1 aromatic heterocycles. The lowest BCUT2D eigenvalue weighted by Crippen LogP contribution is -2.20. The highest BCUT2D eigenvalue weighted by atomic mass is 32.2. The summed E-state index contributed by atoms with van der Waals surface area (Å²) in [5.41, 5.74) is 0. The first-order valence-corrected chi connectivity index (χ1v) is 5.18. The Bertz CT molecular complexity index is 351. The van der Waals surface area contributed by atoms with Gasteiger partial charge < -0.3 is 15.8 Å². The Labute approximate surface area is 91.2 Å². The zero-order chi connectivity index (χ0) is 11.4. The molecule has 0 bridgehead atoms. The van der Waals surface area contributed by atoms with Crippen molar-refractivity contribution in [2.45, 2.75) is 11.7 Å². The van der Waals surface area contributed by atoms with Gasteiger partial charge in [0.2, 0.25) is 5.16 Å². The quantitative estimate of drug-likeness (QED) is 0.507. The number of nitrogens with two attached hydrogens (primary N) is 1. The van der Waals surface area contributed by atoms with Gasteiger partial charge in [-0.1, -0.05) is 11.8 Å². The smallest absolute Gasteiger partial charge is 0.313 e. The molecule has 0 amide bonds. The zero-order valence-electron chi connectivity index (χ0n) is 8.54. The van der Waals surface area contributed by atoms with Gasteiger partial charge >= 0.3 is 5.97 Å². The number of hydrogen-bond donors (Lipinski definition) is 2. The number of rotatable bonds is 5. The molecule has 1 aromatic rings. The van der Waals surface area contributed by atoms with Crippen molar-refractivity contribution >= 4 is 17.7 Å². The molecule has 1 heterocycles. The summed E-state index contributed by atoms with van der Waals surface area (Å²) in [6.07, 6.45) is 0. The van der Waals surface area contributed by atoms with E-state index < -0.39 is 5.97 Å². The van der Waals surface area contributed by atoms with Gasteiger partial charge in [-0.2, -0.15) is 0 Å². The monoisotopic (exact) mass is 231 g/mol. The van der Waals surface area contributed by atoms with Gasteiger partial charge in [-0.3, -0.25) is 4.79 Å². The van der Waals surface area contributed by atoms with Gasteiger partial charge in [0, 0.05) is 0 Å². The van der Waals surface area contributed by atoms with Crippen LogP contribution in [0.1, 0.15) is 5.82 Å². The Morgan fingerprint density at radius 1 is 1.60 bits per heavy atom. The summed E-state index contributed by atoms with van der Waals surface area (Å²) in [7, 11) is 3.78. The molecule has 0 aromatic carbocycles. The van der Waals surface area contributed by atoms with Crippen LogP contribution in [0.25, 0.3) is 0 Å². The van der Waals surface area contributed by atoms with E-state index in [1.165, 1.54) is 4.68 Å². The fraction of sp³-hybridized carbons (Fsp3) is 0.571. The minimum Gasteiger partial charge on any atom is -0.481 e. The Hall–Kier alpha value is -1.28. The van der Waals surface area contributed by atoms with Crippen molar-refractivity contribution in [2.75, 3.05) is 25.7 Å². The molecule has 84 valence electrons. The SMILES string of the molecule is CN(C)Cc1nnc(SCC(=O)O)n1N. The molecule has 0 atom stereocenters. The second-order valence-corrected chi connectivity index (χ2v) is 4.13. The summed E-state index contributed by atoms with van der Waals surface area (Å²) in [5, 5.41) is 16.6. The van der Waals surface area contributed by atoms with Crippen molar-refractivity contribution < 1.29 is 9.90 Å². The van der Waals surface area contributed by atoms with Gasteiger partial charge in [0.1, 0.15) is 0 Å². The van der Waals surface area contributed by atoms with E-state index in [2.05, 4.69) is 10.2 Å². The third kappa shape index (κ3) is 3.40. The summed E-state index contributed by atoms with van der Waals surface area (Å²) >= 11 is 1.05. The molecular weight excluding hydrogens is 218 g/mol. The molecule has 0 aliphatic rings. The minimum atomic E-state index is -0.905. The summed E-state index contributed by atoms with van der Waals surface area (Å²) in [6.45, 7) is 0.567. The van der Waals surface area contributed by atoms with Crippen molar-refractivity contribution in [3.8, 4) is 0 Å². The molecule has 15 heavy (non-hydrogen) atoms. The number of aromatic nitrogens is 3. The van der Waals surface area contributed by atoms with E-state index >= 15 is 0 Å². The number of carboxylic acid groups (broad SMARTS) is 1. The number of carboxylic acids is 1. The van der Waals surface area contributed by atoms with Crippen molar-refractivity contribution in [2.24, 2.45) is 0 Å². The van der Waals surface area contributed by atoms with Crippen molar-refractivity contribution in [3.63, 3.8) is 0 Å². The van der Waals surface area contributed by atoms with E-state index in [0.717, 1.165) is 11.8 Å². The lowest BCUT2D eigenvalue weighted by Gasteiger charge is -2.08. The van der Waals surface area contributed by atoms with Crippen LogP contribution in [0.3, 0.4) is 0 Å². The summed E-state index contributed by atoms with van der Waals surface area (Å²) < 4.78 is 1.31. The third-order valence-electron chi connectivity index (χ3n) is 1.52. The van der Waals surface area contributed by atoms with E-state index in [1.807, 2.05) is 19.0 Å². The maximum absolute atomic E-state index is 10.3. The predicted molar refractivity (Wildman–Crippen MR) is 55.9 cm³/mol. The lowest BCUT2D eigenvalue weighted by molar-refractivity contribution is -0.133. The predicted octanol–water partition coefficient (Wildman–Crippen LogP) is -0.770. The third-order valence-corrected chi connectivity index (χ3v) is 2.45. The van der Waals surface area contributed by atoms with Crippen LogP contribution in [0.5, 0.6) is 0 Å². The largest absolute Gasteiger partial charge is 0.481 e. The van der Waals surface area contributed by atoms with Gasteiger partial charge in [-0.25, -0.2) is 4.68 Å². The first-order chi connectivity index (χ1) is 7.00. The highest BCUT2D eigenvalue weighted by Crippen LogP contribution is 2.14. The molecule has 0 saturated carbocycles. The minimum absolute atomic E-state index is 0.0721. The molecule has 0 spiro atoms. The Balaban J connectivity index is 2.66. The van der Waals surface area contributed by atoms with Crippen LogP contribution in [0.15, 0.2) is 5.16 Å². The molecule has 0 radical (unpaired) electrons. The maximum Gasteiger partial charge on any atom is 0.313 e. The molecule has 1 rings (SSSR count). The Kier molecular flexibility index (Phi) is 3.92. The number of nitrogens with zero attached hydrogens (tertiary/aromatic N) is 4. The number of carbonyl (C=O) groups is 1. The Morgan fingerprint density at radius 2 is 2.27 bits per heavy atom. The number of aliphatic carboxylic acids is 1. The van der Waals surface area contributed by atoms with Gasteiger partial charge in [-0.05, 0) is 14.1 Å². The molecule has 0 unspecified atom stereocenters. The fourth-order valence-corrected chi connectivity index (χ4v) is 1.52. The topological polar surface area (TPSA) is 97.3 Å². The van der Waals surface area contributed by atoms with Crippen molar-refractivity contribution in [1.29, 1.82) is 0 Å². The molecule has 3 N–H and O–H groups in total. The molecule has 7 nitrogen and oxygen atoms in total. The maximum atomic E-state index is 10.3. The van der Waals surface area contributed by atoms with Crippen molar-refractivity contribution in [1.82, 2.24) is 19.8 Å². The number of hydrogen-bond acceptors (Lipinski definition) is 6. The molecule has 0 aliphatic carbocycles. The van der Waals surface area contributed by atoms with Crippen LogP contribution < -0.4 is 5.84 Å². The van der Waals surface area contributed by atoms with Gasteiger partial charge in [-0.15, -0.1) is 10.2 Å². The average Bonchev–Trinajstić information content (AvgIpc) is 2.44. The van der Waals surface area contributed by atoms with Crippen LogP contribution in [-0.2, 0) is 11.3 Å². The number of nitrogen functional groups attached to an aromatic ring is 1. The van der Waals surface area contributed by atoms with Crippen LogP contribution in [0, 0.1) is 0 Å². The van der Waals surface area contributed by atoms with E-state index in [4.69, 9.17) is 10.9 Å². The lowest BCUT2D eigenvalue weighted by atomic mass is 10.6. The average molecular weight is 231 g/mol. The molecule has 0 aliphatic heterocycles. The van der Waals surface area contributed by atoms with E-state index in [1.54, 1.807) is 0 Å². The normalized spacial score (nSPS) is 10.9. The van der Waals surface area contributed by atoms with E-state index in [9.17, 15) is 4.79 Å². The molecular formula is C7H13N5O2S.